The predicted octanol–water partition coefficient (Wildman–Crippen LogP) is 12.3. The summed E-state index contributed by atoms with van der Waals surface area (Å²) in [6.07, 6.45) is 22.3. The molecular formula is C54H88O6. The van der Waals surface area contributed by atoms with Gasteiger partial charge in [0, 0.05) is 24.7 Å². The first-order valence-corrected chi connectivity index (χ1v) is 25.6. The molecule has 60 heavy (non-hydrogen) atoms. The van der Waals surface area contributed by atoms with Gasteiger partial charge in [-0.1, -0.05) is 69.2 Å². The molecular weight excluding hydrogens is 745 g/mol. The molecule has 8 saturated carbocycles. The molecule has 10 rings (SSSR count). The van der Waals surface area contributed by atoms with Crippen LogP contribution in [0.3, 0.4) is 0 Å². The van der Waals surface area contributed by atoms with Crippen molar-refractivity contribution in [1.29, 1.82) is 0 Å². The molecule has 0 amide bonds. The molecule has 0 unspecified atom stereocenters. The van der Waals surface area contributed by atoms with E-state index in [1.807, 2.05) is 0 Å². The lowest BCUT2D eigenvalue weighted by Crippen LogP contribution is -2.64. The fourth-order valence-corrected chi connectivity index (χ4v) is 20.9. The number of hydrogen-bond acceptors (Lipinski definition) is 6. The normalized spacial score (nSPS) is 57.3. The molecule has 0 aromatic rings. The van der Waals surface area contributed by atoms with Crippen molar-refractivity contribution in [2.75, 3.05) is 0 Å². The van der Waals surface area contributed by atoms with Gasteiger partial charge < -0.3 is 19.7 Å². The first-order chi connectivity index (χ1) is 27.8. The van der Waals surface area contributed by atoms with Gasteiger partial charge in [0.05, 0.1) is 12.2 Å². The van der Waals surface area contributed by atoms with Gasteiger partial charge >= 0.3 is 11.9 Å². The zero-order valence-corrected chi connectivity index (χ0v) is 40.4. The van der Waals surface area contributed by atoms with Crippen molar-refractivity contribution in [3.8, 4) is 0 Å². The van der Waals surface area contributed by atoms with Crippen LogP contribution in [0.15, 0.2) is 0 Å². The Bertz CT molecular complexity index is 1610. The third-order valence-electron chi connectivity index (χ3n) is 24.7. The molecule has 340 valence electrons. The van der Waals surface area contributed by atoms with Crippen LogP contribution in [0.2, 0.25) is 0 Å². The molecule has 6 nitrogen and oxygen atoms in total. The SMILES string of the molecule is CC1(C)[C@H](O)CC[C@]2(C)[C@H]3CC[C@@H]4[C@@H]([C@]5(C)CCC(=O)O5)CC[C@@]4(C)[C@]3(C)CC[C@@H]12.CC1(C)[C@H](O)CC[C@]2(C)[C@H]3CC[C@@H]4[C@@H]([C@]5(C)CCC(=O)O5)CC[C@@]4(C)[C@]3(C)CC[C@@H]12. The Balaban J connectivity index is 0.000000154. The molecule has 0 aromatic carbocycles. The van der Waals surface area contributed by atoms with E-state index in [1.54, 1.807) is 0 Å². The molecule has 2 saturated heterocycles. The van der Waals surface area contributed by atoms with E-state index >= 15 is 0 Å². The van der Waals surface area contributed by atoms with Crippen LogP contribution in [0.25, 0.3) is 0 Å². The number of fused-ring (bicyclic) bond motifs is 10. The maximum atomic E-state index is 12.0. The number of aliphatic hydroxyl groups is 2. The first-order valence-electron chi connectivity index (χ1n) is 25.6. The van der Waals surface area contributed by atoms with Gasteiger partial charge in [0.25, 0.3) is 0 Å². The van der Waals surface area contributed by atoms with E-state index in [9.17, 15) is 19.8 Å². The molecule has 0 spiro atoms. The summed E-state index contributed by atoms with van der Waals surface area (Å²) in [5, 5.41) is 21.6. The Morgan fingerprint density at radius 1 is 0.383 bits per heavy atom. The second-order valence-electron chi connectivity index (χ2n) is 27.0. The lowest BCUT2D eigenvalue weighted by Gasteiger charge is -2.70. The van der Waals surface area contributed by atoms with E-state index in [0.717, 1.165) is 37.5 Å². The third-order valence-corrected chi connectivity index (χ3v) is 24.7. The van der Waals surface area contributed by atoms with Crippen molar-refractivity contribution < 1.29 is 29.3 Å². The minimum atomic E-state index is -0.235. The number of aliphatic hydroxyl groups excluding tert-OH is 2. The van der Waals surface area contributed by atoms with Crippen molar-refractivity contribution in [1.82, 2.24) is 0 Å². The van der Waals surface area contributed by atoms with E-state index in [1.165, 1.54) is 89.9 Å². The number of carbonyl (C=O) groups is 2. The summed E-state index contributed by atoms with van der Waals surface area (Å²) < 4.78 is 11.9. The zero-order chi connectivity index (χ0) is 43.5. The number of esters is 2. The summed E-state index contributed by atoms with van der Waals surface area (Å²) in [6, 6.07) is 0. The Labute approximate surface area is 365 Å². The van der Waals surface area contributed by atoms with E-state index in [-0.39, 0.29) is 46.2 Å². The molecule has 2 aliphatic heterocycles. The van der Waals surface area contributed by atoms with Crippen LogP contribution in [0.1, 0.15) is 212 Å². The molecule has 2 N–H and O–H groups in total. The number of cyclic esters (lactones) is 2. The maximum absolute atomic E-state index is 12.0. The summed E-state index contributed by atoms with van der Waals surface area (Å²) in [4.78, 5) is 24.0. The van der Waals surface area contributed by atoms with Gasteiger partial charge in [0.1, 0.15) is 11.2 Å². The van der Waals surface area contributed by atoms with Crippen LogP contribution in [-0.2, 0) is 19.1 Å². The highest BCUT2D eigenvalue weighted by atomic mass is 16.6. The number of carbonyl (C=O) groups excluding carboxylic acids is 2. The molecule has 10 fully saturated rings. The lowest BCUT2D eigenvalue weighted by molar-refractivity contribution is -0.225. The van der Waals surface area contributed by atoms with Crippen LogP contribution >= 0.6 is 0 Å². The molecule has 18 atom stereocenters. The molecule has 0 aromatic heterocycles. The summed E-state index contributed by atoms with van der Waals surface area (Å²) in [5.74, 6) is 5.18. The fourth-order valence-electron chi connectivity index (χ4n) is 20.9. The highest BCUT2D eigenvalue weighted by Gasteiger charge is 2.72. The summed E-state index contributed by atoms with van der Waals surface area (Å²) in [7, 11) is 0. The van der Waals surface area contributed by atoms with Gasteiger partial charge in [-0.15, -0.1) is 0 Å². The van der Waals surface area contributed by atoms with Crippen LogP contribution in [0.5, 0.6) is 0 Å². The monoisotopic (exact) mass is 833 g/mol. The van der Waals surface area contributed by atoms with Gasteiger partial charge in [0.15, 0.2) is 0 Å². The van der Waals surface area contributed by atoms with E-state index in [2.05, 4.69) is 83.1 Å². The summed E-state index contributed by atoms with van der Waals surface area (Å²) >= 11 is 0. The van der Waals surface area contributed by atoms with Crippen molar-refractivity contribution in [2.24, 2.45) is 90.7 Å². The van der Waals surface area contributed by atoms with Crippen molar-refractivity contribution in [3.05, 3.63) is 0 Å². The van der Waals surface area contributed by atoms with Crippen LogP contribution in [0.4, 0.5) is 0 Å². The van der Waals surface area contributed by atoms with Gasteiger partial charge in [-0.2, -0.15) is 0 Å². The zero-order valence-electron chi connectivity index (χ0n) is 40.4. The van der Waals surface area contributed by atoms with E-state index in [4.69, 9.17) is 9.47 Å². The van der Waals surface area contributed by atoms with Gasteiger partial charge in [-0.25, -0.2) is 0 Å². The number of rotatable bonds is 2. The van der Waals surface area contributed by atoms with Crippen LogP contribution in [0, 0.1) is 90.7 Å². The Morgan fingerprint density at radius 3 is 1.07 bits per heavy atom. The van der Waals surface area contributed by atoms with Crippen LogP contribution in [-0.4, -0.2) is 45.6 Å². The topological polar surface area (TPSA) is 93.1 Å². The standard InChI is InChI=1S/2C27H44O3/c2*1-23(2)19-10-15-26(5)20(24(19,3)13-11-21(23)28)8-7-17-18(9-14-25(17,26)4)27(6)16-12-22(29)30-27/h2*17-21,28H,7-16H2,1-6H3/t2*17-,18+,19+,20-,21-,24+,25-,26-,27+/m11/s1. The van der Waals surface area contributed by atoms with Gasteiger partial charge in [0.2, 0.25) is 0 Å². The largest absolute Gasteiger partial charge is 0.459 e. The van der Waals surface area contributed by atoms with Crippen molar-refractivity contribution in [2.45, 2.75) is 235 Å². The Morgan fingerprint density at radius 2 is 0.733 bits per heavy atom. The van der Waals surface area contributed by atoms with Crippen molar-refractivity contribution >= 4 is 11.9 Å². The molecule has 8 aliphatic carbocycles. The van der Waals surface area contributed by atoms with Gasteiger partial charge in [-0.3, -0.25) is 9.59 Å². The maximum Gasteiger partial charge on any atom is 0.306 e. The average Bonchev–Trinajstić information content (AvgIpc) is 3.92. The molecule has 0 bridgehead atoms. The van der Waals surface area contributed by atoms with Gasteiger partial charge in [-0.05, 0) is 208 Å². The van der Waals surface area contributed by atoms with E-state index in [0.29, 0.717) is 80.8 Å². The number of ether oxygens (including phenoxy) is 2. The quantitative estimate of drug-likeness (QED) is 0.269. The average molecular weight is 833 g/mol. The smallest absolute Gasteiger partial charge is 0.306 e. The second-order valence-corrected chi connectivity index (χ2v) is 27.0. The minimum absolute atomic E-state index is 0.0158. The second kappa shape index (κ2) is 13.7. The van der Waals surface area contributed by atoms with Crippen LogP contribution < -0.4 is 0 Å². The Kier molecular flexibility index (Phi) is 10.1. The predicted molar refractivity (Wildman–Crippen MR) is 237 cm³/mol. The molecule has 10 aliphatic rings. The summed E-state index contributed by atoms with van der Waals surface area (Å²) in [5.41, 5.74) is 1.64. The van der Waals surface area contributed by atoms with Crippen molar-refractivity contribution in [3.63, 3.8) is 0 Å². The molecule has 6 heteroatoms. The fraction of sp³-hybridized carbons (Fsp3) is 0.963. The first kappa shape index (κ1) is 44.1. The highest BCUT2D eigenvalue weighted by molar-refractivity contribution is 5.72. The number of hydrogen-bond donors (Lipinski definition) is 2. The highest BCUT2D eigenvalue weighted by Crippen LogP contribution is 2.78. The third kappa shape index (κ3) is 5.67. The molecule has 2 heterocycles. The minimum Gasteiger partial charge on any atom is -0.459 e. The summed E-state index contributed by atoms with van der Waals surface area (Å²) in [6.45, 7) is 29.4. The Hall–Kier alpha value is -1.14. The lowest BCUT2D eigenvalue weighted by atomic mass is 9.35. The molecule has 0 radical (unpaired) electrons. The van der Waals surface area contributed by atoms with E-state index < -0.39 is 0 Å².